The predicted molar refractivity (Wildman–Crippen MR) is 85.2 cm³/mol. The van der Waals surface area contributed by atoms with Gasteiger partial charge in [-0.05, 0) is 36.8 Å². The molecule has 3 aromatic rings. The number of nitrogens with one attached hydrogen (secondary N) is 1. The van der Waals surface area contributed by atoms with Gasteiger partial charge >= 0.3 is 5.69 Å². The highest BCUT2D eigenvalue weighted by molar-refractivity contribution is 6.29. The first-order chi connectivity index (χ1) is 11.8. The summed E-state index contributed by atoms with van der Waals surface area (Å²) in [5.74, 6) is -2.49. The molecule has 0 saturated heterocycles. The van der Waals surface area contributed by atoms with E-state index in [2.05, 4.69) is 15.5 Å². The van der Waals surface area contributed by atoms with Gasteiger partial charge in [0.2, 0.25) is 5.91 Å². The van der Waals surface area contributed by atoms with Gasteiger partial charge in [-0.25, -0.2) is 18.3 Å². The van der Waals surface area contributed by atoms with Crippen LogP contribution in [0.5, 0.6) is 0 Å². The van der Waals surface area contributed by atoms with Gasteiger partial charge < -0.3 is 5.32 Å². The summed E-state index contributed by atoms with van der Waals surface area (Å²) in [7, 11) is 0. The summed E-state index contributed by atoms with van der Waals surface area (Å²) >= 11 is 5.72. The van der Waals surface area contributed by atoms with Crippen LogP contribution in [-0.4, -0.2) is 25.3 Å². The van der Waals surface area contributed by atoms with E-state index in [0.29, 0.717) is 5.56 Å². The molecule has 1 aromatic carbocycles. The molecule has 0 radical (unpaired) electrons. The van der Waals surface area contributed by atoms with E-state index in [1.54, 1.807) is 6.92 Å². The van der Waals surface area contributed by atoms with Crippen LogP contribution in [0, 0.1) is 11.6 Å². The number of carbonyl (C=O) groups excluding carboxylic acids is 1. The van der Waals surface area contributed by atoms with E-state index in [9.17, 15) is 18.4 Å². The maximum absolute atomic E-state index is 13.3. The maximum atomic E-state index is 13.3. The van der Waals surface area contributed by atoms with Gasteiger partial charge in [-0.3, -0.25) is 4.79 Å². The zero-order chi connectivity index (χ0) is 18.1. The molecule has 0 bridgehead atoms. The Hall–Kier alpha value is -2.81. The minimum atomic E-state index is -1.00. The van der Waals surface area contributed by atoms with E-state index in [0.717, 1.165) is 21.3 Å². The zero-order valence-corrected chi connectivity index (χ0v) is 13.7. The van der Waals surface area contributed by atoms with Gasteiger partial charge in [0.25, 0.3) is 0 Å². The van der Waals surface area contributed by atoms with Crippen molar-refractivity contribution in [1.82, 2.24) is 24.7 Å². The van der Waals surface area contributed by atoms with Gasteiger partial charge in [0.15, 0.2) is 17.3 Å². The van der Waals surface area contributed by atoms with Crippen molar-refractivity contribution in [2.75, 3.05) is 0 Å². The number of benzene rings is 1. The standard InChI is InChI=1S/C15H12ClF2N5O2/c1-8(9-2-3-10(17)11(18)6-9)19-14(24)7-22-15(25)23-13(21-22)5-4-12(16)20-23/h2-6,8H,7H2,1H3,(H,19,24)/t8-/m0/s1. The highest BCUT2D eigenvalue weighted by Crippen LogP contribution is 2.15. The second-order valence-corrected chi connectivity index (χ2v) is 5.72. The number of hydrogen-bond acceptors (Lipinski definition) is 4. The molecule has 130 valence electrons. The highest BCUT2D eigenvalue weighted by Gasteiger charge is 2.15. The van der Waals surface area contributed by atoms with E-state index in [-0.39, 0.29) is 17.3 Å². The normalized spacial score (nSPS) is 12.3. The molecule has 0 unspecified atom stereocenters. The third kappa shape index (κ3) is 3.50. The fourth-order valence-corrected chi connectivity index (χ4v) is 2.42. The van der Waals surface area contributed by atoms with Crippen molar-refractivity contribution in [2.24, 2.45) is 0 Å². The van der Waals surface area contributed by atoms with E-state index < -0.39 is 29.3 Å². The predicted octanol–water partition coefficient (Wildman–Crippen LogP) is 1.70. The first kappa shape index (κ1) is 17.0. The van der Waals surface area contributed by atoms with Gasteiger partial charge in [0.05, 0.1) is 6.04 Å². The molecule has 0 aliphatic rings. The number of amides is 1. The summed E-state index contributed by atoms with van der Waals surface area (Å²) in [5.41, 5.74) is 0.0204. The molecule has 1 amide bonds. The molecule has 0 fully saturated rings. The summed E-state index contributed by atoms with van der Waals surface area (Å²) < 4.78 is 28.1. The van der Waals surface area contributed by atoms with Crippen LogP contribution in [0.2, 0.25) is 5.15 Å². The molecule has 1 N–H and O–H groups in total. The second kappa shape index (κ2) is 6.60. The molecule has 0 saturated carbocycles. The lowest BCUT2D eigenvalue weighted by atomic mass is 10.1. The Kier molecular flexibility index (Phi) is 4.49. The van der Waals surface area contributed by atoms with Crippen molar-refractivity contribution in [3.05, 3.63) is 63.2 Å². The Morgan fingerprint density at radius 2 is 2.00 bits per heavy atom. The average Bonchev–Trinajstić information content (AvgIpc) is 2.86. The summed E-state index contributed by atoms with van der Waals surface area (Å²) in [5, 5.41) is 10.5. The van der Waals surface area contributed by atoms with Crippen LogP contribution < -0.4 is 11.0 Å². The summed E-state index contributed by atoms with van der Waals surface area (Å²) in [4.78, 5) is 24.2. The molecule has 1 atom stereocenters. The number of aromatic nitrogens is 4. The van der Waals surface area contributed by atoms with Crippen LogP contribution in [0.1, 0.15) is 18.5 Å². The number of carbonyl (C=O) groups is 1. The highest BCUT2D eigenvalue weighted by atomic mass is 35.5. The smallest absolute Gasteiger partial charge is 0.348 e. The lowest BCUT2D eigenvalue weighted by molar-refractivity contribution is -0.122. The molecule has 0 aliphatic heterocycles. The van der Waals surface area contributed by atoms with Crippen molar-refractivity contribution in [1.29, 1.82) is 0 Å². The van der Waals surface area contributed by atoms with Gasteiger partial charge in [0.1, 0.15) is 11.7 Å². The van der Waals surface area contributed by atoms with Crippen LogP contribution >= 0.6 is 11.6 Å². The van der Waals surface area contributed by atoms with Crippen molar-refractivity contribution >= 4 is 23.2 Å². The molecule has 0 spiro atoms. The summed E-state index contributed by atoms with van der Waals surface area (Å²) in [6.45, 7) is 1.26. The Morgan fingerprint density at radius 1 is 1.24 bits per heavy atom. The van der Waals surface area contributed by atoms with Crippen LogP contribution in [0.3, 0.4) is 0 Å². The van der Waals surface area contributed by atoms with E-state index in [1.165, 1.54) is 18.2 Å². The van der Waals surface area contributed by atoms with E-state index >= 15 is 0 Å². The summed E-state index contributed by atoms with van der Waals surface area (Å²) in [6, 6.07) is 5.74. The van der Waals surface area contributed by atoms with Gasteiger partial charge in [0, 0.05) is 0 Å². The number of rotatable bonds is 4. The second-order valence-electron chi connectivity index (χ2n) is 5.33. The fourth-order valence-electron chi connectivity index (χ4n) is 2.28. The number of nitrogens with zero attached hydrogens (tertiary/aromatic N) is 4. The number of halogens is 3. The van der Waals surface area contributed by atoms with Crippen LogP contribution in [0.25, 0.3) is 5.65 Å². The van der Waals surface area contributed by atoms with Crippen LogP contribution in [0.15, 0.2) is 35.1 Å². The Bertz CT molecular complexity index is 1020. The minimum absolute atomic E-state index is 0.116. The van der Waals surface area contributed by atoms with E-state index in [1.807, 2.05) is 0 Å². The Morgan fingerprint density at radius 3 is 2.72 bits per heavy atom. The van der Waals surface area contributed by atoms with Crippen LogP contribution in [0.4, 0.5) is 8.78 Å². The Labute approximate surface area is 144 Å². The topological polar surface area (TPSA) is 81.3 Å². The zero-order valence-electron chi connectivity index (χ0n) is 12.9. The van der Waals surface area contributed by atoms with Gasteiger partial charge in [-0.1, -0.05) is 17.7 Å². The van der Waals surface area contributed by atoms with Crippen molar-refractivity contribution in [3.8, 4) is 0 Å². The largest absolute Gasteiger partial charge is 0.367 e. The quantitative estimate of drug-likeness (QED) is 0.761. The lowest BCUT2D eigenvalue weighted by Crippen LogP contribution is -2.34. The molecule has 7 nitrogen and oxygen atoms in total. The molecular weight excluding hydrogens is 356 g/mol. The number of fused-ring (bicyclic) bond motifs is 1. The first-order valence-electron chi connectivity index (χ1n) is 7.22. The van der Waals surface area contributed by atoms with Crippen molar-refractivity contribution in [2.45, 2.75) is 19.5 Å². The maximum Gasteiger partial charge on any atom is 0.367 e. The van der Waals surface area contributed by atoms with Crippen molar-refractivity contribution < 1.29 is 13.6 Å². The van der Waals surface area contributed by atoms with Crippen molar-refractivity contribution in [3.63, 3.8) is 0 Å². The fraction of sp³-hybridized carbons (Fsp3) is 0.200. The SMILES string of the molecule is C[C@H](NC(=O)Cn1nc2ccc(Cl)nn2c1=O)c1ccc(F)c(F)c1. The molecule has 2 aromatic heterocycles. The third-order valence-electron chi connectivity index (χ3n) is 3.52. The third-order valence-corrected chi connectivity index (χ3v) is 3.72. The molecule has 25 heavy (non-hydrogen) atoms. The molecular formula is C15H12ClF2N5O2. The minimum Gasteiger partial charge on any atom is -0.348 e. The summed E-state index contributed by atoms with van der Waals surface area (Å²) in [6.07, 6.45) is 0. The Balaban J connectivity index is 1.75. The van der Waals surface area contributed by atoms with Gasteiger partial charge in [-0.2, -0.15) is 4.52 Å². The molecule has 10 heteroatoms. The number of hydrogen-bond donors (Lipinski definition) is 1. The molecule has 3 rings (SSSR count). The molecule has 2 heterocycles. The first-order valence-corrected chi connectivity index (χ1v) is 7.59. The lowest BCUT2D eigenvalue weighted by Gasteiger charge is -2.14. The monoisotopic (exact) mass is 367 g/mol. The average molecular weight is 368 g/mol. The molecule has 0 aliphatic carbocycles. The van der Waals surface area contributed by atoms with E-state index in [4.69, 9.17) is 11.6 Å². The van der Waals surface area contributed by atoms with Gasteiger partial charge in [-0.15, -0.1) is 10.2 Å². The van der Waals surface area contributed by atoms with Crippen LogP contribution in [-0.2, 0) is 11.3 Å².